The van der Waals surface area contributed by atoms with Gasteiger partial charge in [0.25, 0.3) is 5.82 Å². The predicted molar refractivity (Wildman–Crippen MR) is 70.7 cm³/mol. The van der Waals surface area contributed by atoms with Gasteiger partial charge in [0, 0.05) is 13.1 Å². The smallest absolute Gasteiger partial charge is 0.375 e. The Bertz CT molecular complexity index is 649. The van der Waals surface area contributed by atoms with E-state index in [4.69, 9.17) is 5.11 Å². The molecular weight excluding hydrogens is 244 g/mol. The van der Waals surface area contributed by atoms with Crippen LogP contribution in [0.25, 0.3) is 5.65 Å². The van der Waals surface area contributed by atoms with Crippen molar-refractivity contribution < 1.29 is 9.90 Å². The highest BCUT2D eigenvalue weighted by atomic mass is 16.4. The number of carbonyl (C=O) groups is 1. The van der Waals surface area contributed by atoms with E-state index in [-0.39, 0.29) is 5.82 Å². The normalized spacial score (nSPS) is 19.3. The van der Waals surface area contributed by atoms with E-state index in [1.165, 1.54) is 6.42 Å². The number of aromatic nitrogens is 3. The van der Waals surface area contributed by atoms with Crippen LogP contribution in [0.3, 0.4) is 0 Å². The van der Waals surface area contributed by atoms with E-state index in [9.17, 15) is 4.79 Å². The van der Waals surface area contributed by atoms with Gasteiger partial charge in [-0.3, -0.25) is 0 Å². The average molecular weight is 260 g/mol. The third-order valence-corrected chi connectivity index (χ3v) is 3.58. The van der Waals surface area contributed by atoms with Gasteiger partial charge >= 0.3 is 5.97 Å². The van der Waals surface area contributed by atoms with Crippen LogP contribution in [0.5, 0.6) is 0 Å². The van der Waals surface area contributed by atoms with E-state index < -0.39 is 5.97 Å². The Morgan fingerprint density at radius 3 is 2.95 bits per heavy atom. The van der Waals surface area contributed by atoms with Gasteiger partial charge in [-0.15, -0.1) is 5.10 Å². The molecule has 6 nitrogen and oxygen atoms in total. The predicted octanol–water partition coefficient (Wildman–Crippen LogP) is 1.58. The fraction of sp³-hybridized carbons (Fsp3) is 0.462. The lowest BCUT2D eigenvalue weighted by atomic mass is 10.2. The van der Waals surface area contributed by atoms with Crippen molar-refractivity contribution in [3.8, 4) is 0 Å². The molecule has 0 unspecified atom stereocenters. The Morgan fingerprint density at radius 2 is 2.32 bits per heavy atom. The average Bonchev–Trinajstić information content (AvgIpc) is 2.95. The van der Waals surface area contributed by atoms with Gasteiger partial charge in [-0.05, 0) is 30.9 Å². The highest BCUT2D eigenvalue weighted by Gasteiger charge is 2.21. The first-order valence-corrected chi connectivity index (χ1v) is 6.40. The number of carboxylic acids is 1. The maximum Gasteiger partial charge on any atom is 0.375 e. The van der Waals surface area contributed by atoms with Gasteiger partial charge in [0.05, 0.1) is 11.9 Å². The molecule has 0 aliphatic carbocycles. The molecular formula is C13H16N4O2. The molecule has 1 atom stereocenters. The monoisotopic (exact) mass is 260 g/mol. The van der Waals surface area contributed by atoms with Crippen LogP contribution in [-0.4, -0.2) is 38.8 Å². The van der Waals surface area contributed by atoms with Crippen molar-refractivity contribution in [2.24, 2.45) is 5.92 Å². The summed E-state index contributed by atoms with van der Waals surface area (Å²) in [5, 5.41) is 12.9. The third kappa shape index (κ3) is 2.03. The lowest BCUT2D eigenvalue weighted by Gasteiger charge is -2.18. The molecule has 1 N–H and O–H groups in total. The van der Waals surface area contributed by atoms with Crippen LogP contribution in [0.4, 0.5) is 5.69 Å². The van der Waals surface area contributed by atoms with E-state index >= 15 is 0 Å². The highest BCUT2D eigenvalue weighted by molar-refractivity contribution is 5.84. The summed E-state index contributed by atoms with van der Waals surface area (Å²) < 4.78 is 1.57. The minimum atomic E-state index is -1.10. The molecule has 3 heterocycles. The molecule has 3 rings (SSSR count). The summed E-state index contributed by atoms with van der Waals surface area (Å²) in [6, 6.07) is 2.05. The molecule has 0 spiro atoms. The molecule has 1 fully saturated rings. The lowest BCUT2D eigenvalue weighted by molar-refractivity contribution is 0.0684. The van der Waals surface area contributed by atoms with Crippen molar-refractivity contribution in [2.75, 3.05) is 18.0 Å². The largest absolute Gasteiger partial charge is 0.475 e. The Morgan fingerprint density at radius 1 is 1.53 bits per heavy atom. The topological polar surface area (TPSA) is 70.7 Å². The van der Waals surface area contributed by atoms with Crippen molar-refractivity contribution in [1.82, 2.24) is 14.6 Å². The van der Waals surface area contributed by atoms with E-state index in [1.54, 1.807) is 4.52 Å². The standard InChI is InChI=1S/C13H16N4O2/c1-8-3-4-16(6-8)10-5-9(2)12-14-11(13(18)19)15-17(12)7-10/h5,7-8H,3-4,6H2,1-2H3,(H,18,19)/t8-/m1/s1. The van der Waals surface area contributed by atoms with Gasteiger partial charge in [-0.25, -0.2) is 14.3 Å². The summed E-state index contributed by atoms with van der Waals surface area (Å²) in [6.45, 7) is 6.24. The van der Waals surface area contributed by atoms with E-state index in [2.05, 4.69) is 21.9 Å². The van der Waals surface area contributed by atoms with Gasteiger partial charge in [0.1, 0.15) is 0 Å². The Labute approximate surface area is 110 Å². The van der Waals surface area contributed by atoms with Crippen LogP contribution in [0, 0.1) is 12.8 Å². The van der Waals surface area contributed by atoms with Crippen molar-refractivity contribution >= 4 is 17.3 Å². The molecule has 100 valence electrons. The van der Waals surface area contributed by atoms with Crippen LogP contribution >= 0.6 is 0 Å². The van der Waals surface area contributed by atoms with E-state index in [1.807, 2.05) is 19.2 Å². The number of hydrogen-bond donors (Lipinski definition) is 1. The fourth-order valence-corrected chi connectivity index (χ4v) is 2.56. The number of hydrogen-bond acceptors (Lipinski definition) is 4. The lowest BCUT2D eigenvalue weighted by Crippen LogP contribution is -2.19. The van der Waals surface area contributed by atoms with Crippen LogP contribution in [0.15, 0.2) is 12.3 Å². The molecule has 0 saturated carbocycles. The molecule has 0 aromatic carbocycles. The molecule has 6 heteroatoms. The van der Waals surface area contributed by atoms with Gasteiger partial charge in [0.2, 0.25) is 0 Å². The maximum atomic E-state index is 10.9. The Kier molecular flexibility index (Phi) is 2.66. The van der Waals surface area contributed by atoms with E-state index in [0.717, 1.165) is 24.3 Å². The molecule has 0 radical (unpaired) electrons. The second kappa shape index (κ2) is 4.22. The molecule has 1 saturated heterocycles. The second-order valence-electron chi connectivity index (χ2n) is 5.23. The van der Waals surface area contributed by atoms with Gasteiger partial charge < -0.3 is 10.0 Å². The Hall–Kier alpha value is -2.11. The van der Waals surface area contributed by atoms with Gasteiger partial charge in [-0.2, -0.15) is 0 Å². The third-order valence-electron chi connectivity index (χ3n) is 3.58. The molecule has 0 bridgehead atoms. The van der Waals surface area contributed by atoms with Crippen LogP contribution in [0.1, 0.15) is 29.5 Å². The maximum absolute atomic E-state index is 10.9. The summed E-state index contributed by atoms with van der Waals surface area (Å²) in [7, 11) is 0. The minimum Gasteiger partial charge on any atom is -0.475 e. The van der Waals surface area contributed by atoms with Crippen LogP contribution in [-0.2, 0) is 0 Å². The summed E-state index contributed by atoms with van der Waals surface area (Å²) in [6.07, 6.45) is 3.05. The molecule has 2 aromatic heterocycles. The number of carboxylic acid groups (broad SMARTS) is 1. The molecule has 0 amide bonds. The van der Waals surface area contributed by atoms with Crippen LogP contribution in [0.2, 0.25) is 0 Å². The first-order chi connectivity index (χ1) is 9.04. The number of aryl methyl sites for hydroxylation is 1. The number of anilines is 1. The van der Waals surface area contributed by atoms with Gasteiger partial charge in [-0.1, -0.05) is 6.92 Å². The molecule has 1 aliphatic heterocycles. The molecule has 2 aromatic rings. The summed E-state index contributed by atoms with van der Waals surface area (Å²) >= 11 is 0. The van der Waals surface area contributed by atoms with Crippen molar-refractivity contribution in [3.63, 3.8) is 0 Å². The SMILES string of the molecule is Cc1cc(N2CC[C@@H](C)C2)cn2nc(C(=O)O)nc12. The highest BCUT2D eigenvalue weighted by Crippen LogP contribution is 2.25. The van der Waals surface area contributed by atoms with Crippen molar-refractivity contribution in [3.05, 3.63) is 23.7 Å². The summed E-state index contributed by atoms with van der Waals surface area (Å²) in [5.74, 6) is -0.559. The minimum absolute atomic E-state index is 0.157. The fourth-order valence-electron chi connectivity index (χ4n) is 2.56. The number of aromatic carboxylic acids is 1. The summed E-state index contributed by atoms with van der Waals surface area (Å²) in [5.41, 5.74) is 2.63. The molecule has 19 heavy (non-hydrogen) atoms. The van der Waals surface area contributed by atoms with E-state index in [0.29, 0.717) is 11.6 Å². The van der Waals surface area contributed by atoms with Crippen LogP contribution < -0.4 is 4.90 Å². The molecule has 1 aliphatic rings. The quantitative estimate of drug-likeness (QED) is 0.887. The Balaban J connectivity index is 2.06. The number of pyridine rings is 1. The number of fused-ring (bicyclic) bond motifs is 1. The van der Waals surface area contributed by atoms with Crippen molar-refractivity contribution in [1.29, 1.82) is 0 Å². The van der Waals surface area contributed by atoms with Gasteiger partial charge in [0.15, 0.2) is 5.65 Å². The number of nitrogens with zero attached hydrogens (tertiary/aromatic N) is 4. The van der Waals surface area contributed by atoms with Crippen molar-refractivity contribution in [2.45, 2.75) is 20.3 Å². The first-order valence-electron chi connectivity index (χ1n) is 6.40. The zero-order valence-corrected chi connectivity index (χ0v) is 11.0. The zero-order chi connectivity index (χ0) is 13.6. The zero-order valence-electron chi connectivity index (χ0n) is 11.0. The first kappa shape index (κ1) is 12.0. The summed E-state index contributed by atoms with van der Waals surface area (Å²) in [4.78, 5) is 17.3. The second-order valence-corrected chi connectivity index (χ2v) is 5.23. The number of rotatable bonds is 2.